The average Bonchev–Trinajstić information content (AvgIpc) is 3.09. The Hall–Kier alpha value is -3.28. The van der Waals surface area contributed by atoms with E-state index in [1.54, 1.807) is 24.3 Å². The first-order valence-corrected chi connectivity index (χ1v) is 11.9. The second-order valence-electron chi connectivity index (χ2n) is 8.66. The van der Waals surface area contributed by atoms with E-state index in [0.29, 0.717) is 41.8 Å². The molecule has 2 amide bonds. The van der Waals surface area contributed by atoms with Crippen LogP contribution in [0.4, 0.5) is 5.69 Å². The van der Waals surface area contributed by atoms with E-state index in [1.165, 1.54) is 4.90 Å². The molecule has 0 radical (unpaired) electrons. The molecule has 0 saturated carbocycles. The van der Waals surface area contributed by atoms with Gasteiger partial charge in [-0.15, -0.1) is 0 Å². The fraction of sp³-hybridized carbons (Fsp3) is 0.407. The highest BCUT2D eigenvalue weighted by molar-refractivity contribution is 6.45. The largest absolute Gasteiger partial charge is 0.494 e. The van der Waals surface area contributed by atoms with E-state index in [2.05, 4.69) is 18.7 Å². The lowest BCUT2D eigenvalue weighted by atomic mass is 9.97. The van der Waals surface area contributed by atoms with Gasteiger partial charge in [0, 0.05) is 13.1 Å². The normalized spacial score (nSPS) is 18.8. The highest BCUT2D eigenvalue weighted by Crippen LogP contribution is 2.37. The van der Waals surface area contributed by atoms with Gasteiger partial charge in [-0.05, 0) is 74.1 Å². The van der Waals surface area contributed by atoms with Crippen LogP contribution >= 0.6 is 0 Å². The molecule has 0 spiro atoms. The van der Waals surface area contributed by atoms with Crippen LogP contribution < -0.4 is 14.4 Å². The van der Waals surface area contributed by atoms with Gasteiger partial charge in [-0.25, -0.2) is 4.90 Å². The van der Waals surface area contributed by atoms with E-state index >= 15 is 0 Å². The molecule has 1 atom stereocenters. The van der Waals surface area contributed by atoms with E-state index in [1.807, 2.05) is 31.2 Å². The van der Waals surface area contributed by atoms with Crippen molar-refractivity contribution >= 4 is 23.1 Å². The third-order valence-corrected chi connectivity index (χ3v) is 6.05. The van der Waals surface area contributed by atoms with Crippen LogP contribution in [0.15, 0.2) is 54.2 Å². The molecule has 1 fully saturated rings. The predicted molar refractivity (Wildman–Crippen MR) is 129 cm³/mol. The molecule has 2 aliphatic rings. The van der Waals surface area contributed by atoms with Crippen molar-refractivity contribution in [3.8, 4) is 11.5 Å². The molecule has 0 aliphatic carbocycles. The summed E-state index contributed by atoms with van der Waals surface area (Å²) in [5.41, 5.74) is 2.25. The number of carbonyl (C=O) groups is 2. The fourth-order valence-corrected chi connectivity index (χ4v) is 4.49. The highest BCUT2D eigenvalue weighted by Gasteiger charge is 2.43. The van der Waals surface area contributed by atoms with Crippen LogP contribution in [0, 0.1) is 5.92 Å². The number of hydrogen-bond donors (Lipinski definition) is 0. The number of nitrogens with zero attached hydrogens (tertiary/aromatic N) is 2. The van der Waals surface area contributed by atoms with Gasteiger partial charge < -0.3 is 14.4 Å². The van der Waals surface area contributed by atoms with Gasteiger partial charge >= 0.3 is 0 Å². The summed E-state index contributed by atoms with van der Waals surface area (Å²) < 4.78 is 11.2. The Morgan fingerprint density at radius 3 is 2.21 bits per heavy atom. The second-order valence-corrected chi connectivity index (χ2v) is 8.66. The molecule has 6 heteroatoms. The number of piperidine rings is 1. The molecule has 0 bridgehead atoms. The van der Waals surface area contributed by atoms with E-state index in [4.69, 9.17) is 9.47 Å². The molecule has 2 aliphatic heterocycles. The minimum absolute atomic E-state index is 0.264. The first-order chi connectivity index (χ1) is 16.0. The molecular formula is C27H32N2O4. The van der Waals surface area contributed by atoms with Crippen LogP contribution in [0.2, 0.25) is 0 Å². The summed E-state index contributed by atoms with van der Waals surface area (Å²) in [6.07, 6.45) is 3.06. The lowest BCUT2D eigenvalue weighted by Crippen LogP contribution is -2.39. The van der Waals surface area contributed by atoms with Gasteiger partial charge in [0.05, 0.1) is 24.5 Å². The van der Waals surface area contributed by atoms with E-state index in [0.717, 1.165) is 43.7 Å². The maximum atomic E-state index is 13.7. The highest BCUT2D eigenvalue weighted by atomic mass is 16.5. The molecular weight excluding hydrogens is 416 g/mol. The third-order valence-electron chi connectivity index (χ3n) is 6.05. The Bertz CT molecular complexity index is 1030. The first-order valence-electron chi connectivity index (χ1n) is 11.9. The van der Waals surface area contributed by atoms with E-state index in [9.17, 15) is 9.59 Å². The molecule has 2 aromatic rings. The summed E-state index contributed by atoms with van der Waals surface area (Å²) in [6.45, 7) is 8.91. The van der Waals surface area contributed by atoms with Crippen LogP contribution in [0.3, 0.4) is 0 Å². The number of anilines is 1. The predicted octanol–water partition coefficient (Wildman–Crippen LogP) is 4.89. The molecule has 174 valence electrons. The van der Waals surface area contributed by atoms with Crippen molar-refractivity contribution in [1.29, 1.82) is 0 Å². The van der Waals surface area contributed by atoms with Crippen molar-refractivity contribution in [3.63, 3.8) is 0 Å². The summed E-state index contributed by atoms with van der Waals surface area (Å²) in [4.78, 5) is 30.7. The van der Waals surface area contributed by atoms with Gasteiger partial charge in [0.25, 0.3) is 11.8 Å². The minimum Gasteiger partial charge on any atom is -0.494 e. The van der Waals surface area contributed by atoms with Crippen molar-refractivity contribution in [3.05, 3.63) is 59.8 Å². The quantitative estimate of drug-likeness (QED) is 0.538. The van der Waals surface area contributed by atoms with Gasteiger partial charge in [-0.2, -0.15) is 0 Å². The lowest BCUT2D eigenvalue weighted by Gasteiger charge is -2.33. The Balaban J connectivity index is 1.71. The molecule has 0 N–H and O–H groups in total. The Morgan fingerprint density at radius 1 is 0.909 bits per heavy atom. The Labute approximate surface area is 195 Å². The zero-order chi connectivity index (χ0) is 23.4. The van der Waals surface area contributed by atoms with Crippen LogP contribution in [0.1, 0.15) is 45.6 Å². The minimum atomic E-state index is -0.292. The van der Waals surface area contributed by atoms with Crippen molar-refractivity contribution in [2.24, 2.45) is 5.92 Å². The van der Waals surface area contributed by atoms with Crippen molar-refractivity contribution in [2.45, 2.75) is 40.0 Å². The van der Waals surface area contributed by atoms with Crippen molar-refractivity contribution < 1.29 is 19.1 Å². The number of benzene rings is 2. The van der Waals surface area contributed by atoms with Gasteiger partial charge in [0.2, 0.25) is 0 Å². The molecule has 2 aromatic carbocycles. The number of imide groups is 1. The summed E-state index contributed by atoms with van der Waals surface area (Å²) >= 11 is 0. The summed E-state index contributed by atoms with van der Waals surface area (Å²) in [6, 6.07) is 14.6. The third kappa shape index (κ3) is 4.75. The zero-order valence-electron chi connectivity index (χ0n) is 19.7. The van der Waals surface area contributed by atoms with Crippen LogP contribution in [0.5, 0.6) is 11.5 Å². The maximum absolute atomic E-state index is 13.7. The molecule has 6 nitrogen and oxygen atoms in total. The van der Waals surface area contributed by atoms with Crippen LogP contribution in [-0.4, -0.2) is 43.0 Å². The number of carbonyl (C=O) groups excluding carboxylic acids is 2. The molecule has 4 rings (SSSR count). The Kier molecular flexibility index (Phi) is 7.02. The van der Waals surface area contributed by atoms with Gasteiger partial charge in [-0.1, -0.05) is 26.0 Å². The summed E-state index contributed by atoms with van der Waals surface area (Å²) in [5.74, 6) is 1.38. The smallest absolute Gasteiger partial charge is 0.282 e. The molecule has 1 unspecified atom stereocenters. The van der Waals surface area contributed by atoms with E-state index in [-0.39, 0.29) is 11.8 Å². The van der Waals surface area contributed by atoms with Crippen molar-refractivity contribution in [2.75, 3.05) is 31.2 Å². The fourth-order valence-electron chi connectivity index (χ4n) is 4.49. The molecule has 33 heavy (non-hydrogen) atoms. The maximum Gasteiger partial charge on any atom is 0.282 e. The number of amides is 2. The number of likely N-dealkylation sites (tertiary alicyclic amines) is 1. The molecule has 1 saturated heterocycles. The number of ether oxygens (including phenoxy) is 2. The second kappa shape index (κ2) is 10.1. The number of hydrogen-bond acceptors (Lipinski definition) is 5. The van der Waals surface area contributed by atoms with E-state index < -0.39 is 0 Å². The SMILES string of the molecule is CCCOc1ccc(C2=C(N3CCCC(C)C3)C(=O)N(c3ccc(OCC)cc3)C2=O)cc1. The monoisotopic (exact) mass is 448 g/mol. The standard InChI is InChI=1S/C27H32N2O4/c1-4-17-33-23-12-8-20(9-13-23)24-25(28-16-6-7-19(3)18-28)27(31)29(26(24)30)21-10-14-22(15-11-21)32-5-2/h8-15,19H,4-7,16-18H2,1-3H3. The topological polar surface area (TPSA) is 59.1 Å². The summed E-state index contributed by atoms with van der Waals surface area (Å²) in [5, 5.41) is 0. The van der Waals surface area contributed by atoms with Gasteiger partial charge in [0.1, 0.15) is 17.2 Å². The van der Waals surface area contributed by atoms with Crippen LogP contribution in [0.25, 0.3) is 5.57 Å². The average molecular weight is 449 g/mol. The Morgan fingerprint density at radius 2 is 1.58 bits per heavy atom. The van der Waals surface area contributed by atoms with Gasteiger partial charge in [0.15, 0.2) is 0 Å². The van der Waals surface area contributed by atoms with Crippen molar-refractivity contribution in [1.82, 2.24) is 4.90 Å². The zero-order valence-corrected chi connectivity index (χ0v) is 19.7. The molecule has 2 heterocycles. The van der Waals surface area contributed by atoms with Crippen LogP contribution in [-0.2, 0) is 9.59 Å². The number of rotatable bonds is 8. The lowest BCUT2D eigenvalue weighted by molar-refractivity contribution is -0.120. The summed E-state index contributed by atoms with van der Waals surface area (Å²) in [7, 11) is 0. The molecule has 0 aromatic heterocycles. The first kappa shape index (κ1) is 22.9. The van der Waals surface area contributed by atoms with Gasteiger partial charge in [-0.3, -0.25) is 9.59 Å².